The molecule has 1 aromatic carbocycles. The zero-order valence-electron chi connectivity index (χ0n) is 15.3. The number of hydrogen-bond acceptors (Lipinski definition) is 4. The van der Waals surface area contributed by atoms with Gasteiger partial charge in [0.2, 0.25) is 5.91 Å². The second-order valence-corrected chi connectivity index (χ2v) is 6.96. The molecule has 7 heteroatoms. The molecule has 0 radical (unpaired) electrons. The van der Waals surface area contributed by atoms with Crippen LogP contribution in [-0.4, -0.2) is 54.4 Å². The zero-order valence-corrected chi connectivity index (χ0v) is 16.1. The average Bonchev–Trinajstić information content (AvgIpc) is 2.69. The quantitative estimate of drug-likeness (QED) is 0.856. The Labute approximate surface area is 164 Å². The molecule has 6 nitrogen and oxygen atoms in total. The van der Waals surface area contributed by atoms with Crippen LogP contribution < -0.4 is 10.2 Å². The molecule has 0 saturated carbocycles. The van der Waals surface area contributed by atoms with Crippen molar-refractivity contribution in [1.29, 1.82) is 0 Å². The molecule has 3 rings (SSSR count). The molecule has 1 N–H and O–H groups in total. The van der Waals surface area contributed by atoms with Gasteiger partial charge in [-0.15, -0.1) is 0 Å². The van der Waals surface area contributed by atoms with Crippen molar-refractivity contribution < 1.29 is 9.59 Å². The third-order valence-corrected chi connectivity index (χ3v) is 4.92. The van der Waals surface area contributed by atoms with E-state index in [0.717, 1.165) is 17.8 Å². The standard InChI is InChI=1S/C20H23ClN4O2/c1-15(26)24-10-12-25(13-11-24)19-14-17(7-9-22-19)20(27)23-8-6-16-2-4-18(21)5-3-16/h2-5,7,9,14H,6,8,10-13H2,1H3,(H,23,27). The van der Waals surface area contributed by atoms with E-state index in [1.807, 2.05) is 29.2 Å². The van der Waals surface area contributed by atoms with Gasteiger partial charge in [-0.2, -0.15) is 0 Å². The van der Waals surface area contributed by atoms with Crippen molar-refractivity contribution in [3.8, 4) is 0 Å². The van der Waals surface area contributed by atoms with E-state index in [0.29, 0.717) is 43.3 Å². The van der Waals surface area contributed by atoms with Gasteiger partial charge < -0.3 is 15.1 Å². The third kappa shape index (κ3) is 5.20. The zero-order chi connectivity index (χ0) is 19.2. The largest absolute Gasteiger partial charge is 0.353 e. The first-order valence-electron chi connectivity index (χ1n) is 9.02. The van der Waals surface area contributed by atoms with Crippen LogP contribution in [0.5, 0.6) is 0 Å². The number of carbonyl (C=O) groups is 2. The first-order chi connectivity index (χ1) is 13.0. The van der Waals surface area contributed by atoms with Gasteiger partial charge >= 0.3 is 0 Å². The molecule has 0 bridgehead atoms. The van der Waals surface area contributed by atoms with Gasteiger partial charge in [0.25, 0.3) is 5.91 Å². The number of aromatic nitrogens is 1. The number of nitrogens with zero attached hydrogens (tertiary/aromatic N) is 3. The maximum Gasteiger partial charge on any atom is 0.251 e. The number of amides is 2. The van der Waals surface area contributed by atoms with Gasteiger partial charge in [0.05, 0.1) is 0 Å². The lowest BCUT2D eigenvalue weighted by Crippen LogP contribution is -2.48. The summed E-state index contributed by atoms with van der Waals surface area (Å²) in [6, 6.07) is 11.1. The van der Waals surface area contributed by atoms with Gasteiger partial charge in [-0.3, -0.25) is 9.59 Å². The summed E-state index contributed by atoms with van der Waals surface area (Å²) in [5.74, 6) is 0.745. The van der Waals surface area contributed by atoms with E-state index in [1.165, 1.54) is 0 Å². The minimum absolute atomic E-state index is 0.0939. The van der Waals surface area contributed by atoms with Crippen LogP contribution in [0.15, 0.2) is 42.6 Å². The monoisotopic (exact) mass is 386 g/mol. The Kier molecular flexibility index (Phi) is 6.29. The topological polar surface area (TPSA) is 65.5 Å². The highest BCUT2D eigenvalue weighted by molar-refractivity contribution is 6.30. The number of anilines is 1. The molecule has 1 saturated heterocycles. The molecule has 2 heterocycles. The van der Waals surface area contributed by atoms with Crippen LogP contribution in [-0.2, 0) is 11.2 Å². The highest BCUT2D eigenvalue weighted by Gasteiger charge is 2.20. The van der Waals surface area contributed by atoms with Crippen LogP contribution in [0.3, 0.4) is 0 Å². The van der Waals surface area contributed by atoms with Crippen LogP contribution in [0.4, 0.5) is 5.82 Å². The molecule has 2 aromatic rings. The Morgan fingerprint density at radius 2 is 1.81 bits per heavy atom. The van der Waals surface area contributed by atoms with Crippen LogP contribution >= 0.6 is 11.6 Å². The molecular formula is C20H23ClN4O2. The summed E-state index contributed by atoms with van der Waals surface area (Å²) in [7, 11) is 0. The van der Waals surface area contributed by atoms with E-state index in [-0.39, 0.29) is 11.8 Å². The van der Waals surface area contributed by atoms with Crippen LogP contribution in [0.25, 0.3) is 0 Å². The molecule has 0 unspecified atom stereocenters. The van der Waals surface area contributed by atoms with Crippen LogP contribution in [0, 0.1) is 0 Å². The van der Waals surface area contributed by atoms with E-state index in [2.05, 4.69) is 15.2 Å². The first kappa shape index (κ1) is 19.2. The number of rotatable bonds is 5. The number of carbonyl (C=O) groups excluding carboxylic acids is 2. The molecule has 142 valence electrons. The summed E-state index contributed by atoms with van der Waals surface area (Å²) >= 11 is 5.88. The Balaban J connectivity index is 1.54. The van der Waals surface area contributed by atoms with Gasteiger partial charge in [-0.1, -0.05) is 23.7 Å². The highest BCUT2D eigenvalue weighted by Crippen LogP contribution is 2.15. The lowest BCUT2D eigenvalue weighted by Gasteiger charge is -2.35. The molecule has 27 heavy (non-hydrogen) atoms. The highest BCUT2D eigenvalue weighted by atomic mass is 35.5. The predicted molar refractivity (Wildman–Crippen MR) is 106 cm³/mol. The fraction of sp³-hybridized carbons (Fsp3) is 0.350. The number of halogens is 1. The fourth-order valence-corrected chi connectivity index (χ4v) is 3.18. The van der Waals surface area contributed by atoms with E-state index in [9.17, 15) is 9.59 Å². The van der Waals surface area contributed by atoms with Crippen molar-refractivity contribution in [2.24, 2.45) is 0 Å². The number of nitrogens with one attached hydrogen (secondary N) is 1. The first-order valence-corrected chi connectivity index (χ1v) is 9.40. The van der Waals surface area contributed by atoms with E-state index >= 15 is 0 Å². The summed E-state index contributed by atoms with van der Waals surface area (Å²) in [4.78, 5) is 32.2. The summed E-state index contributed by atoms with van der Waals surface area (Å²) in [6.45, 7) is 4.92. The molecule has 1 aromatic heterocycles. The van der Waals surface area contributed by atoms with Crippen LogP contribution in [0.2, 0.25) is 5.02 Å². The summed E-state index contributed by atoms with van der Waals surface area (Å²) < 4.78 is 0. The van der Waals surface area contributed by atoms with Crippen molar-refractivity contribution in [3.63, 3.8) is 0 Å². The Hall–Kier alpha value is -2.60. The molecule has 1 fully saturated rings. The third-order valence-electron chi connectivity index (χ3n) is 4.67. The van der Waals surface area contributed by atoms with E-state index in [1.54, 1.807) is 25.3 Å². The average molecular weight is 387 g/mol. The normalized spacial score (nSPS) is 14.1. The lowest BCUT2D eigenvalue weighted by atomic mass is 10.1. The number of pyridine rings is 1. The van der Waals surface area contributed by atoms with Crippen molar-refractivity contribution in [2.45, 2.75) is 13.3 Å². The second kappa shape index (κ2) is 8.86. The van der Waals surface area contributed by atoms with Gasteiger partial charge in [0.1, 0.15) is 5.82 Å². The van der Waals surface area contributed by atoms with Crippen molar-refractivity contribution in [1.82, 2.24) is 15.2 Å². The van der Waals surface area contributed by atoms with Crippen molar-refractivity contribution in [2.75, 3.05) is 37.6 Å². The molecule has 1 aliphatic heterocycles. The van der Waals surface area contributed by atoms with E-state index in [4.69, 9.17) is 11.6 Å². The number of benzene rings is 1. The predicted octanol–water partition coefficient (Wildman–Crippen LogP) is 2.38. The van der Waals surface area contributed by atoms with Crippen molar-refractivity contribution >= 4 is 29.2 Å². The summed E-state index contributed by atoms with van der Waals surface area (Å²) in [5.41, 5.74) is 1.71. The maximum absolute atomic E-state index is 12.4. The summed E-state index contributed by atoms with van der Waals surface area (Å²) in [5, 5.41) is 3.65. The molecule has 0 aliphatic carbocycles. The Bertz CT molecular complexity index is 802. The van der Waals surface area contributed by atoms with Gasteiger partial charge in [-0.05, 0) is 36.2 Å². The summed E-state index contributed by atoms with van der Waals surface area (Å²) in [6.07, 6.45) is 2.40. The number of hydrogen-bond donors (Lipinski definition) is 1. The van der Waals surface area contributed by atoms with Gasteiger partial charge in [-0.25, -0.2) is 4.98 Å². The SMILES string of the molecule is CC(=O)N1CCN(c2cc(C(=O)NCCc3ccc(Cl)cc3)ccn2)CC1. The Morgan fingerprint density at radius 3 is 2.48 bits per heavy atom. The molecular weight excluding hydrogens is 364 g/mol. The molecule has 2 amide bonds. The smallest absolute Gasteiger partial charge is 0.251 e. The lowest BCUT2D eigenvalue weighted by molar-refractivity contribution is -0.129. The van der Waals surface area contributed by atoms with Crippen LogP contribution in [0.1, 0.15) is 22.8 Å². The van der Waals surface area contributed by atoms with Crippen molar-refractivity contribution in [3.05, 3.63) is 58.7 Å². The molecule has 0 spiro atoms. The van der Waals surface area contributed by atoms with Gasteiger partial charge in [0, 0.05) is 56.4 Å². The van der Waals surface area contributed by atoms with E-state index < -0.39 is 0 Å². The second-order valence-electron chi connectivity index (χ2n) is 6.53. The molecule has 0 atom stereocenters. The van der Waals surface area contributed by atoms with Gasteiger partial charge in [0.15, 0.2) is 0 Å². The minimum Gasteiger partial charge on any atom is -0.353 e. The Morgan fingerprint density at radius 1 is 1.11 bits per heavy atom. The fourth-order valence-electron chi connectivity index (χ4n) is 3.06. The maximum atomic E-state index is 12.4. The number of piperazine rings is 1. The molecule has 1 aliphatic rings. The minimum atomic E-state index is -0.116.